The lowest BCUT2D eigenvalue weighted by Crippen LogP contribution is -2.58. The van der Waals surface area contributed by atoms with Crippen molar-refractivity contribution in [2.75, 3.05) is 6.54 Å². The molecule has 4 atom stereocenters. The predicted octanol–water partition coefficient (Wildman–Crippen LogP) is -1.94. The second kappa shape index (κ2) is 15.2. The van der Waals surface area contributed by atoms with Gasteiger partial charge >= 0.3 is 11.9 Å². The Balaban J connectivity index is 2.31. The molecule has 15 nitrogen and oxygen atoms in total. The van der Waals surface area contributed by atoms with Gasteiger partial charge in [-0.2, -0.15) is 0 Å². The summed E-state index contributed by atoms with van der Waals surface area (Å²) in [6.07, 6.45) is 1.22. The van der Waals surface area contributed by atoms with Crippen LogP contribution in [0.1, 0.15) is 37.7 Å². The minimum absolute atomic E-state index is 0.0916. The molecule has 0 radical (unpaired) electrons. The van der Waals surface area contributed by atoms with Crippen LogP contribution in [-0.2, 0) is 35.2 Å². The van der Waals surface area contributed by atoms with Crippen molar-refractivity contribution >= 4 is 46.5 Å². The van der Waals surface area contributed by atoms with E-state index in [0.717, 1.165) is 10.9 Å². The average molecular weight is 562 g/mol. The largest absolute Gasteiger partial charge is 0.481 e. The van der Waals surface area contributed by atoms with Crippen molar-refractivity contribution in [3.63, 3.8) is 0 Å². The standard InChI is InChI=1S/C25H35N7O8/c26-8-4-3-7-17(25(39)40)30-23(37)18(9-13-12-29-16-6-2-1-5-14(13)16)32-24(38)19(11-21(34)35)31-22(36)15(27)10-20(28)33/h1-2,5-6,12,15,17-19,29H,3-4,7-11,26-27H2,(H2,28,33)(H,30,37)(H,31,36)(H,32,38)(H,34,35)(H,39,40). The molecule has 0 fully saturated rings. The summed E-state index contributed by atoms with van der Waals surface area (Å²) in [6.45, 7) is 0.347. The van der Waals surface area contributed by atoms with Gasteiger partial charge in [0.2, 0.25) is 23.6 Å². The number of benzene rings is 1. The number of carbonyl (C=O) groups is 6. The number of rotatable bonds is 17. The second-order valence-electron chi connectivity index (χ2n) is 9.24. The minimum atomic E-state index is -1.66. The predicted molar refractivity (Wildman–Crippen MR) is 142 cm³/mol. The number of nitrogens with two attached hydrogens (primary N) is 3. The summed E-state index contributed by atoms with van der Waals surface area (Å²) in [5, 5.41) is 26.7. The van der Waals surface area contributed by atoms with Crippen LogP contribution in [0, 0.1) is 0 Å². The number of carboxylic acid groups (broad SMARTS) is 2. The van der Waals surface area contributed by atoms with Crippen LogP contribution in [0.5, 0.6) is 0 Å². The number of aromatic nitrogens is 1. The normalized spacial score (nSPS) is 13.9. The van der Waals surface area contributed by atoms with Crippen molar-refractivity contribution < 1.29 is 39.0 Å². The fourth-order valence-corrected chi connectivity index (χ4v) is 4.00. The number of primary amides is 1. The summed E-state index contributed by atoms with van der Waals surface area (Å²) in [5.41, 5.74) is 17.5. The van der Waals surface area contributed by atoms with Gasteiger partial charge < -0.3 is 48.3 Å². The van der Waals surface area contributed by atoms with Gasteiger partial charge in [-0.1, -0.05) is 18.2 Å². The minimum Gasteiger partial charge on any atom is -0.481 e. The van der Waals surface area contributed by atoms with Gasteiger partial charge in [0.15, 0.2) is 0 Å². The lowest BCUT2D eigenvalue weighted by atomic mass is 10.0. The van der Waals surface area contributed by atoms with E-state index in [9.17, 15) is 39.0 Å². The molecule has 1 heterocycles. The van der Waals surface area contributed by atoms with Gasteiger partial charge in [0.1, 0.15) is 18.1 Å². The lowest BCUT2D eigenvalue weighted by molar-refractivity contribution is -0.143. The van der Waals surface area contributed by atoms with Crippen LogP contribution >= 0.6 is 0 Å². The molecular weight excluding hydrogens is 526 g/mol. The number of carbonyl (C=O) groups excluding carboxylic acids is 4. The van der Waals surface area contributed by atoms with Crippen LogP contribution < -0.4 is 33.2 Å². The fraction of sp³-hybridized carbons (Fsp3) is 0.440. The molecule has 0 saturated heterocycles. The summed E-state index contributed by atoms with van der Waals surface area (Å²) in [7, 11) is 0. The Morgan fingerprint density at radius 2 is 1.48 bits per heavy atom. The van der Waals surface area contributed by atoms with E-state index < -0.39 is 72.6 Å². The molecule has 0 saturated carbocycles. The van der Waals surface area contributed by atoms with Crippen LogP contribution in [0.25, 0.3) is 10.9 Å². The van der Waals surface area contributed by atoms with E-state index >= 15 is 0 Å². The molecule has 4 amide bonds. The number of aliphatic carboxylic acids is 2. The summed E-state index contributed by atoms with van der Waals surface area (Å²) in [4.78, 5) is 76.1. The number of carboxylic acids is 2. The number of H-pyrrole nitrogens is 1. The van der Waals surface area contributed by atoms with Crippen molar-refractivity contribution in [3.05, 3.63) is 36.0 Å². The molecule has 12 N–H and O–H groups in total. The van der Waals surface area contributed by atoms with E-state index in [-0.39, 0.29) is 12.8 Å². The summed E-state index contributed by atoms with van der Waals surface area (Å²) < 4.78 is 0. The summed E-state index contributed by atoms with van der Waals surface area (Å²) >= 11 is 0. The molecule has 218 valence electrons. The molecule has 2 aromatic rings. The molecule has 1 aromatic heterocycles. The third kappa shape index (κ3) is 9.67. The Morgan fingerprint density at radius 1 is 0.850 bits per heavy atom. The van der Waals surface area contributed by atoms with Crippen molar-refractivity contribution in [1.82, 2.24) is 20.9 Å². The van der Waals surface area contributed by atoms with Gasteiger partial charge in [-0.3, -0.25) is 24.0 Å². The van der Waals surface area contributed by atoms with Gasteiger partial charge in [0.25, 0.3) is 0 Å². The highest BCUT2D eigenvalue weighted by atomic mass is 16.4. The van der Waals surface area contributed by atoms with Crippen LogP contribution in [0.2, 0.25) is 0 Å². The Kier molecular flexibility index (Phi) is 12.0. The van der Waals surface area contributed by atoms with Gasteiger partial charge in [-0.15, -0.1) is 0 Å². The number of amides is 4. The third-order valence-electron chi connectivity index (χ3n) is 6.06. The molecule has 40 heavy (non-hydrogen) atoms. The molecule has 1 aromatic carbocycles. The zero-order chi connectivity index (χ0) is 29.8. The molecule has 0 spiro atoms. The van der Waals surface area contributed by atoms with Crippen molar-refractivity contribution in [1.29, 1.82) is 0 Å². The number of hydrogen-bond donors (Lipinski definition) is 9. The van der Waals surface area contributed by atoms with E-state index in [1.165, 1.54) is 0 Å². The van der Waals surface area contributed by atoms with Crippen molar-refractivity contribution in [3.8, 4) is 0 Å². The van der Waals surface area contributed by atoms with E-state index in [4.69, 9.17) is 17.2 Å². The molecular formula is C25H35N7O8. The number of nitrogens with one attached hydrogen (secondary N) is 4. The molecule has 0 bridgehead atoms. The van der Waals surface area contributed by atoms with E-state index in [2.05, 4.69) is 20.9 Å². The quantitative estimate of drug-likeness (QED) is 0.0963. The molecule has 15 heteroatoms. The first-order valence-electron chi connectivity index (χ1n) is 12.6. The van der Waals surface area contributed by atoms with Gasteiger partial charge in [0.05, 0.1) is 18.9 Å². The first-order valence-corrected chi connectivity index (χ1v) is 12.6. The lowest BCUT2D eigenvalue weighted by Gasteiger charge is -2.24. The van der Waals surface area contributed by atoms with Crippen LogP contribution in [0.3, 0.4) is 0 Å². The van der Waals surface area contributed by atoms with Gasteiger partial charge in [-0.25, -0.2) is 4.79 Å². The first-order chi connectivity index (χ1) is 18.9. The van der Waals surface area contributed by atoms with Crippen LogP contribution in [0.15, 0.2) is 30.5 Å². The SMILES string of the molecule is NCCCCC(NC(=O)C(Cc1c[nH]c2ccccc12)NC(=O)C(CC(=O)O)NC(=O)C(N)CC(N)=O)C(=O)O. The van der Waals surface area contributed by atoms with Gasteiger partial charge in [0, 0.05) is 23.5 Å². The maximum Gasteiger partial charge on any atom is 0.326 e. The van der Waals surface area contributed by atoms with E-state index in [1.807, 2.05) is 0 Å². The molecule has 0 aliphatic heterocycles. The Bertz CT molecular complexity index is 1230. The topological polar surface area (TPSA) is 273 Å². The highest BCUT2D eigenvalue weighted by molar-refractivity contribution is 5.97. The number of fused-ring (bicyclic) bond motifs is 1. The number of hydrogen-bond acceptors (Lipinski definition) is 8. The highest BCUT2D eigenvalue weighted by Crippen LogP contribution is 2.19. The fourth-order valence-electron chi connectivity index (χ4n) is 4.00. The van der Waals surface area contributed by atoms with Crippen molar-refractivity contribution in [2.24, 2.45) is 17.2 Å². The van der Waals surface area contributed by atoms with Crippen LogP contribution in [-0.4, -0.2) is 81.5 Å². The maximum atomic E-state index is 13.3. The van der Waals surface area contributed by atoms with Crippen molar-refractivity contribution in [2.45, 2.75) is 62.7 Å². The van der Waals surface area contributed by atoms with E-state index in [1.54, 1.807) is 30.5 Å². The zero-order valence-corrected chi connectivity index (χ0v) is 21.7. The molecule has 0 aliphatic carbocycles. The highest BCUT2D eigenvalue weighted by Gasteiger charge is 2.32. The summed E-state index contributed by atoms with van der Waals surface area (Å²) in [5.74, 6) is -6.45. The van der Waals surface area contributed by atoms with E-state index in [0.29, 0.717) is 24.9 Å². The number of unbranched alkanes of at least 4 members (excludes halogenated alkanes) is 1. The average Bonchev–Trinajstić information content (AvgIpc) is 3.29. The molecule has 2 rings (SSSR count). The Labute approximate surface area is 229 Å². The third-order valence-corrected chi connectivity index (χ3v) is 6.06. The summed E-state index contributed by atoms with van der Waals surface area (Å²) in [6, 6.07) is 1.46. The Morgan fingerprint density at radius 3 is 2.10 bits per heavy atom. The monoisotopic (exact) mass is 561 g/mol. The molecule has 0 aliphatic rings. The zero-order valence-electron chi connectivity index (χ0n) is 21.7. The molecule has 4 unspecified atom stereocenters. The number of aromatic amines is 1. The smallest absolute Gasteiger partial charge is 0.326 e. The van der Waals surface area contributed by atoms with Crippen LogP contribution in [0.4, 0.5) is 0 Å². The maximum absolute atomic E-state index is 13.3. The number of para-hydroxylation sites is 1. The van der Waals surface area contributed by atoms with Gasteiger partial charge in [-0.05, 0) is 37.4 Å². The second-order valence-corrected chi connectivity index (χ2v) is 9.24. The first kappa shape index (κ1) is 31.7. The Hall–Kier alpha value is -4.50.